The van der Waals surface area contributed by atoms with Crippen LogP contribution < -0.4 is 4.72 Å². The first kappa shape index (κ1) is 16.8. The fourth-order valence-corrected chi connectivity index (χ4v) is 3.72. The summed E-state index contributed by atoms with van der Waals surface area (Å²) in [5.74, 6) is 0.765. The highest BCUT2D eigenvalue weighted by molar-refractivity contribution is 7.98. The summed E-state index contributed by atoms with van der Waals surface area (Å²) in [5, 5.41) is 10.2. The van der Waals surface area contributed by atoms with Crippen LogP contribution in [0.25, 0.3) is 0 Å². The number of nitrogens with one attached hydrogen (secondary N) is 1. The smallest absolute Gasteiger partial charge is 0.242 e. The largest absolute Gasteiger partial charge is 0.389 e. The summed E-state index contributed by atoms with van der Waals surface area (Å²) in [6.07, 6.45) is 2.45. The molecule has 0 spiro atoms. The van der Waals surface area contributed by atoms with E-state index in [1.807, 2.05) is 6.26 Å². The van der Waals surface area contributed by atoms with Crippen LogP contribution in [-0.2, 0) is 10.0 Å². The van der Waals surface area contributed by atoms with E-state index >= 15 is 0 Å². The molecular weight excluding hydrogens is 306 g/mol. The average molecular weight is 324 g/mol. The van der Waals surface area contributed by atoms with E-state index in [0.29, 0.717) is 6.42 Å². The molecule has 0 amide bonds. The summed E-state index contributed by atoms with van der Waals surface area (Å²) in [5.41, 5.74) is -1.07. The van der Waals surface area contributed by atoms with E-state index in [9.17, 15) is 13.5 Å². The number of thioether (sulfide) groups is 1. The molecule has 7 heteroatoms. The molecule has 0 radical (unpaired) electrons. The fraction of sp³-hybridized carbons (Fsp3) is 0.500. The molecule has 0 aliphatic rings. The van der Waals surface area contributed by atoms with Gasteiger partial charge in [-0.15, -0.1) is 0 Å². The SMILES string of the molecule is CSCCC(C)(O)CNS(=O)(=O)c1ccccc1Cl. The quantitative estimate of drug-likeness (QED) is 0.806. The Bertz CT molecular complexity index is 517. The highest BCUT2D eigenvalue weighted by atomic mass is 35.5. The Morgan fingerprint density at radius 1 is 1.42 bits per heavy atom. The number of halogens is 1. The van der Waals surface area contributed by atoms with Crippen LogP contribution in [0.4, 0.5) is 0 Å². The molecule has 2 N–H and O–H groups in total. The first-order valence-electron chi connectivity index (χ1n) is 5.74. The normalized spacial score (nSPS) is 15.2. The van der Waals surface area contributed by atoms with E-state index in [2.05, 4.69) is 4.72 Å². The third-order valence-electron chi connectivity index (χ3n) is 2.61. The van der Waals surface area contributed by atoms with Crippen LogP contribution in [0, 0.1) is 0 Å². The first-order chi connectivity index (χ1) is 8.78. The predicted octanol–water partition coefficient (Wildman–Crippen LogP) is 2.12. The molecule has 1 aromatic rings. The van der Waals surface area contributed by atoms with Crippen LogP contribution in [0.5, 0.6) is 0 Å². The lowest BCUT2D eigenvalue weighted by atomic mass is 10.1. The van der Waals surface area contributed by atoms with Gasteiger partial charge in [0.1, 0.15) is 4.90 Å². The average Bonchev–Trinajstić information content (AvgIpc) is 2.35. The van der Waals surface area contributed by atoms with E-state index < -0.39 is 15.6 Å². The molecule has 0 saturated heterocycles. The van der Waals surface area contributed by atoms with E-state index in [-0.39, 0.29) is 16.5 Å². The van der Waals surface area contributed by atoms with Crippen molar-refractivity contribution in [2.45, 2.75) is 23.8 Å². The zero-order valence-electron chi connectivity index (χ0n) is 10.9. The van der Waals surface area contributed by atoms with Crippen LogP contribution >= 0.6 is 23.4 Å². The Hall–Kier alpha value is -0.270. The second-order valence-electron chi connectivity index (χ2n) is 4.49. The molecular formula is C12H18ClNO3S2. The molecule has 0 aliphatic carbocycles. The van der Waals surface area contributed by atoms with E-state index in [4.69, 9.17) is 11.6 Å². The van der Waals surface area contributed by atoms with Crippen molar-refractivity contribution in [2.24, 2.45) is 0 Å². The minimum Gasteiger partial charge on any atom is -0.389 e. The highest BCUT2D eigenvalue weighted by Gasteiger charge is 2.24. The molecule has 1 atom stereocenters. The zero-order valence-corrected chi connectivity index (χ0v) is 13.3. The van der Waals surface area contributed by atoms with Crippen LogP contribution in [-0.4, -0.2) is 37.7 Å². The molecule has 1 aromatic carbocycles. The molecule has 0 bridgehead atoms. The van der Waals surface area contributed by atoms with Crippen LogP contribution in [0.15, 0.2) is 29.2 Å². The number of rotatable bonds is 7. The van der Waals surface area contributed by atoms with Crippen molar-refractivity contribution >= 4 is 33.4 Å². The number of benzene rings is 1. The van der Waals surface area contributed by atoms with Crippen LogP contribution in [0.2, 0.25) is 5.02 Å². The highest BCUT2D eigenvalue weighted by Crippen LogP contribution is 2.21. The van der Waals surface area contributed by atoms with Gasteiger partial charge in [-0.05, 0) is 37.5 Å². The van der Waals surface area contributed by atoms with Crippen molar-refractivity contribution in [3.63, 3.8) is 0 Å². The second kappa shape index (κ2) is 6.95. The molecule has 0 aromatic heterocycles. The van der Waals surface area contributed by atoms with Crippen molar-refractivity contribution in [1.82, 2.24) is 4.72 Å². The van der Waals surface area contributed by atoms with Gasteiger partial charge in [-0.2, -0.15) is 11.8 Å². The Morgan fingerprint density at radius 2 is 2.05 bits per heavy atom. The molecule has 19 heavy (non-hydrogen) atoms. The third-order valence-corrected chi connectivity index (χ3v) is 5.13. The Kier molecular flexibility index (Phi) is 6.14. The second-order valence-corrected chi connectivity index (χ2v) is 7.62. The van der Waals surface area contributed by atoms with Gasteiger partial charge in [-0.25, -0.2) is 13.1 Å². The van der Waals surface area contributed by atoms with Crippen molar-refractivity contribution in [1.29, 1.82) is 0 Å². The molecule has 1 unspecified atom stereocenters. The first-order valence-corrected chi connectivity index (χ1v) is 8.99. The standard InChI is InChI=1S/C12H18ClNO3S2/c1-12(15,7-8-18-2)9-14-19(16,17)11-6-4-3-5-10(11)13/h3-6,14-15H,7-9H2,1-2H3. The van der Waals surface area contributed by atoms with Gasteiger partial charge in [0.15, 0.2) is 0 Å². The molecule has 4 nitrogen and oxygen atoms in total. The van der Waals surface area contributed by atoms with Gasteiger partial charge in [0.2, 0.25) is 10.0 Å². The lowest BCUT2D eigenvalue weighted by Crippen LogP contribution is -2.41. The number of sulfonamides is 1. The summed E-state index contributed by atoms with van der Waals surface area (Å²) in [4.78, 5) is 0.0253. The predicted molar refractivity (Wildman–Crippen MR) is 80.3 cm³/mol. The van der Waals surface area contributed by atoms with E-state index in [1.165, 1.54) is 12.1 Å². The number of aliphatic hydroxyl groups is 1. The topological polar surface area (TPSA) is 66.4 Å². The van der Waals surface area contributed by atoms with Gasteiger partial charge >= 0.3 is 0 Å². The van der Waals surface area contributed by atoms with Crippen molar-refractivity contribution in [2.75, 3.05) is 18.6 Å². The maximum absolute atomic E-state index is 12.1. The number of hydrogen-bond donors (Lipinski definition) is 2. The molecule has 0 heterocycles. The van der Waals surface area contributed by atoms with Crippen molar-refractivity contribution in [3.8, 4) is 0 Å². The summed E-state index contributed by atoms with van der Waals surface area (Å²) in [6, 6.07) is 6.21. The van der Waals surface area contributed by atoms with E-state index in [0.717, 1.165) is 5.75 Å². The molecule has 0 saturated carbocycles. The molecule has 108 valence electrons. The Morgan fingerprint density at radius 3 is 2.63 bits per heavy atom. The number of hydrogen-bond acceptors (Lipinski definition) is 4. The summed E-state index contributed by atoms with van der Waals surface area (Å²) in [7, 11) is -3.70. The summed E-state index contributed by atoms with van der Waals surface area (Å²) in [6.45, 7) is 1.57. The molecule has 0 fully saturated rings. The summed E-state index contributed by atoms with van der Waals surface area (Å²) < 4.78 is 26.5. The monoisotopic (exact) mass is 323 g/mol. The molecule has 1 rings (SSSR count). The van der Waals surface area contributed by atoms with Crippen molar-refractivity contribution < 1.29 is 13.5 Å². The Balaban J connectivity index is 2.74. The minimum atomic E-state index is -3.70. The van der Waals surface area contributed by atoms with Gasteiger partial charge in [0.25, 0.3) is 0 Å². The zero-order chi connectivity index (χ0) is 14.5. The van der Waals surface area contributed by atoms with E-state index in [1.54, 1.807) is 30.8 Å². The van der Waals surface area contributed by atoms with Gasteiger partial charge in [-0.3, -0.25) is 0 Å². The third kappa shape index (κ3) is 5.31. The Labute approximate surface area is 123 Å². The maximum atomic E-state index is 12.1. The van der Waals surface area contributed by atoms with Crippen LogP contribution in [0.1, 0.15) is 13.3 Å². The van der Waals surface area contributed by atoms with Gasteiger partial charge in [0.05, 0.1) is 10.6 Å². The lowest BCUT2D eigenvalue weighted by molar-refractivity contribution is 0.0626. The molecule has 0 aliphatic heterocycles. The maximum Gasteiger partial charge on any atom is 0.242 e. The minimum absolute atomic E-state index is 0.0253. The van der Waals surface area contributed by atoms with Gasteiger partial charge < -0.3 is 5.11 Å². The van der Waals surface area contributed by atoms with Crippen LogP contribution in [0.3, 0.4) is 0 Å². The lowest BCUT2D eigenvalue weighted by Gasteiger charge is -2.23. The van der Waals surface area contributed by atoms with Crippen molar-refractivity contribution in [3.05, 3.63) is 29.3 Å². The van der Waals surface area contributed by atoms with Gasteiger partial charge in [0, 0.05) is 6.54 Å². The summed E-state index contributed by atoms with van der Waals surface area (Å²) >= 11 is 7.46. The van der Waals surface area contributed by atoms with Gasteiger partial charge in [-0.1, -0.05) is 23.7 Å². The fourth-order valence-electron chi connectivity index (χ4n) is 1.40.